The van der Waals surface area contributed by atoms with Crippen LogP contribution in [0.25, 0.3) is 0 Å². The highest BCUT2D eigenvalue weighted by atomic mass is 79.9. The molecule has 1 atom stereocenters. The second-order valence-corrected chi connectivity index (χ2v) is 6.01. The molecule has 0 aromatic heterocycles. The molecular formula is C16H15BrClNO. The average Bonchev–Trinajstić information content (AvgIpc) is 2.48. The maximum Gasteiger partial charge on any atom is 0.252 e. The van der Waals surface area contributed by atoms with Gasteiger partial charge in [-0.25, -0.2) is 0 Å². The number of hydrogen-bond donors (Lipinski definition) is 1. The molecule has 0 saturated carbocycles. The summed E-state index contributed by atoms with van der Waals surface area (Å²) in [6.45, 7) is 2.39. The standard InChI is InChI=1S/C16H15BrClNO/c1-11-6-5-9-13(15(11)18)16(20)19-10-14(17)12-7-3-2-4-8-12/h2-9,14H,10H2,1H3,(H,19,20). The molecule has 0 fully saturated rings. The normalized spacial score (nSPS) is 11.9. The van der Waals surface area contributed by atoms with Crippen molar-refractivity contribution in [3.63, 3.8) is 0 Å². The molecule has 20 heavy (non-hydrogen) atoms. The van der Waals surface area contributed by atoms with Gasteiger partial charge >= 0.3 is 0 Å². The maximum absolute atomic E-state index is 12.1. The molecular weight excluding hydrogens is 338 g/mol. The summed E-state index contributed by atoms with van der Waals surface area (Å²) in [6, 6.07) is 15.4. The van der Waals surface area contributed by atoms with E-state index in [-0.39, 0.29) is 10.7 Å². The van der Waals surface area contributed by atoms with E-state index in [1.807, 2.05) is 49.4 Å². The van der Waals surface area contributed by atoms with Crippen molar-refractivity contribution in [2.24, 2.45) is 0 Å². The zero-order chi connectivity index (χ0) is 14.5. The van der Waals surface area contributed by atoms with Crippen molar-refractivity contribution in [2.75, 3.05) is 6.54 Å². The van der Waals surface area contributed by atoms with E-state index in [2.05, 4.69) is 21.2 Å². The number of halogens is 2. The van der Waals surface area contributed by atoms with Crippen molar-refractivity contribution in [2.45, 2.75) is 11.8 Å². The molecule has 104 valence electrons. The number of rotatable bonds is 4. The lowest BCUT2D eigenvalue weighted by Crippen LogP contribution is -2.27. The number of carbonyl (C=O) groups is 1. The summed E-state index contributed by atoms with van der Waals surface area (Å²) >= 11 is 9.72. The second kappa shape index (κ2) is 6.91. The molecule has 0 aliphatic carbocycles. The molecule has 0 saturated heterocycles. The minimum atomic E-state index is -0.154. The van der Waals surface area contributed by atoms with Gasteiger partial charge in [-0.1, -0.05) is 70.0 Å². The van der Waals surface area contributed by atoms with Crippen molar-refractivity contribution in [3.05, 3.63) is 70.2 Å². The van der Waals surface area contributed by atoms with Crippen LogP contribution >= 0.6 is 27.5 Å². The first kappa shape index (κ1) is 15.1. The predicted octanol–water partition coefficient (Wildman–Crippen LogP) is 4.51. The number of amides is 1. The van der Waals surface area contributed by atoms with Gasteiger partial charge in [0.05, 0.1) is 15.4 Å². The van der Waals surface area contributed by atoms with Gasteiger partial charge in [-0.15, -0.1) is 0 Å². The lowest BCUT2D eigenvalue weighted by molar-refractivity contribution is 0.0954. The lowest BCUT2D eigenvalue weighted by Gasteiger charge is -2.12. The van der Waals surface area contributed by atoms with Gasteiger partial charge in [0, 0.05) is 6.54 Å². The molecule has 0 radical (unpaired) electrons. The second-order valence-electron chi connectivity index (χ2n) is 4.52. The lowest BCUT2D eigenvalue weighted by atomic mass is 10.1. The van der Waals surface area contributed by atoms with Crippen LogP contribution in [0.3, 0.4) is 0 Å². The van der Waals surface area contributed by atoms with Crippen LogP contribution in [0.1, 0.15) is 26.3 Å². The molecule has 0 aliphatic heterocycles. The van der Waals surface area contributed by atoms with Gasteiger partial charge in [-0.2, -0.15) is 0 Å². The van der Waals surface area contributed by atoms with E-state index in [0.717, 1.165) is 11.1 Å². The van der Waals surface area contributed by atoms with Crippen LogP contribution in [-0.4, -0.2) is 12.5 Å². The van der Waals surface area contributed by atoms with Gasteiger partial charge in [-0.05, 0) is 24.1 Å². The van der Waals surface area contributed by atoms with Crippen molar-refractivity contribution < 1.29 is 4.79 Å². The Morgan fingerprint density at radius 1 is 1.20 bits per heavy atom. The maximum atomic E-state index is 12.1. The molecule has 4 heteroatoms. The zero-order valence-corrected chi connectivity index (χ0v) is 13.4. The molecule has 1 N–H and O–H groups in total. The van der Waals surface area contributed by atoms with E-state index in [0.29, 0.717) is 17.1 Å². The summed E-state index contributed by atoms with van der Waals surface area (Å²) in [6.07, 6.45) is 0. The quantitative estimate of drug-likeness (QED) is 0.806. The fourth-order valence-electron chi connectivity index (χ4n) is 1.88. The molecule has 0 spiro atoms. The van der Waals surface area contributed by atoms with Crippen LogP contribution in [0.15, 0.2) is 48.5 Å². The van der Waals surface area contributed by atoms with Crippen molar-refractivity contribution in [3.8, 4) is 0 Å². The van der Waals surface area contributed by atoms with E-state index >= 15 is 0 Å². The summed E-state index contributed by atoms with van der Waals surface area (Å²) < 4.78 is 0. The molecule has 2 rings (SSSR count). The van der Waals surface area contributed by atoms with E-state index in [1.165, 1.54) is 0 Å². The first-order valence-electron chi connectivity index (χ1n) is 6.32. The van der Waals surface area contributed by atoms with Crippen LogP contribution in [-0.2, 0) is 0 Å². The van der Waals surface area contributed by atoms with E-state index in [4.69, 9.17) is 11.6 Å². The Morgan fingerprint density at radius 2 is 1.90 bits per heavy atom. The van der Waals surface area contributed by atoms with Crippen molar-refractivity contribution in [1.29, 1.82) is 0 Å². The number of benzene rings is 2. The first-order valence-corrected chi connectivity index (χ1v) is 7.61. The molecule has 0 bridgehead atoms. The minimum absolute atomic E-state index is 0.0798. The number of alkyl halides is 1. The van der Waals surface area contributed by atoms with Crippen LogP contribution in [0.2, 0.25) is 5.02 Å². The van der Waals surface area contributed by atoms with E-state index < -0.39 is 0 Å². The van der Waals surface area contributed by atoms with Gasteiger partial charge in [0.25, 0.3) is 5.91 Å². The fraction of sp³-hybridized carbons (Fsp3) is 0.188. The molecule has 0 aliphatic rings. The summed E-state index contributed by atoms with van der Waals surface area (Å²) in [7, 11) is 0. The highest BCUT2D eigenvalue weighted by Crippen LogP contribution is 2.23. The summed E-state index contributed by atoms with van der Waals surface area (Å²) in [5.74, 6) is -0.154. The van der Waals surface area contributed by atoms with E-state index in [9.17, 15) is 4.79 Å². The molecule has 2 aromatic carbocycles. The number of aryl methyl sites for hydroxylation is 1. The Morgan fingerprint density at radius 3 is 2.60 bits per heavy atom. The minimum Gasteiger partial charge on any atom is -0.351 e. The third kappa shape index (κ3) is 3.62. The van der Waals surface area contributed by atoms with Gasteiger partial charge in [-0.3, -0.25) is 4.79 Å². The van der Waals surface area contributed by atoms with Crippen LogP contribution in [0.5, 0.6) is 0 Å². The smallest absolute Gasteiger partial charge is 0.252 e. The van der Waals surface area contributed by atoms with Crippen molar-refractivity contribution in [1.82, 2.24) is 5.32 Å². The van der Waals surface area contributed by atoms with Crippen LogP contribution < -0.4 is 5.32 Å². The predicted molar refractivity (Wildman–Crippen MR) is 86.6 cm³/mol. The first-order chi connectivity index (χ1) is 9.59. The molecule has 2 aromatic rings. The third-order valence-corrected chi connectivity index (χ3v) is 4.39. The summed E-state index contributed by atoms with van der Waals surface area (Å²) in [5, 5.41) is 3.41. The van der Waals surface area contributed by atoms with Gasteiger partial charge in [0.15, 0.2) is 0 Å². The third-order valence-electron chi connectivity index (χ3n) is 3.04. The van der Waals surface area contributed by atoms with Crippen LogP contribution in [0.4, 0.5) is 0 Å². The number of carbonyl (C=O) groups excluding carboxylic acids is 1. The number of hydrogen-bond acceptors (Lipinski definition) is 1. The SMILES string of the molecule is Cc1cccc(C(=O)NCC(Br)c2ccccc2)c1Cl. The topological polar surface area (TPSA) is 29.1 Å². The molecule has 1 unspecified atom stereocenters. The molecule has 1 amide bonds. The fourth-order valence-corrected chi connectivity index (χ4v) is 2.56. The highest BCUT2D eigenvalue weighted by molar-refractivity contribution is 9.09. The Balaban J connectivity index is 2.01. The number of nitrogens with one attached hydrogen (secondary N) is 1. The van der Waals surface area contributed by atoms with E-state index in [1.54, 1.807) is 6.07 Å². The average molecular weight is 353 g/mol. The zero-order valence-electron chi connectivity index (χ0n) is 11.1. The Kier molecular flexibility index (Phi) is 5.21. The van der Waals surface area contributed by atoms with Crippen molar-refractivity contribution >= 4 is 33.4 Å². The van der Waals surface area contributed by atoms with Gasteiger partial charge < -0.3 is 5.32 Å². The molecule has 2 nitrogen and oxygen atoms in total. The Labute approximate surface area is 132 Å². The largest absolute Gasteiger partial charge is 0.351 e. The summed E-state index contributed by atoms with van der Waals surface area (Å²) in [4.78, 5) is 12.2. The summed E-state index contributed by atoms with van der Waals surface area (Å²) in [5.41, 5.74) is 2.54. The molecule has 0 heterocycles. The Hall–Kier alpha value is -1.32. The Bertz CT molecular complexity index is 601. The highest BCUT2D eigenvalue weighted by Gasteiger charge is 2.13. The van der Waals surface area contributed by atoms with Gasteiger partial charge in [0.1, 0.15) is 0 Å². The van der Waals surface area contributed by atoms with Gasteiger partial charge in [0.2, 0.25) is 0 Å². The van der Waals surface area contributed by atoms with Crippen LogP contribution in [0, 0.1) is 6.92 Å². The monoisotopic (exact) mass is 351 g/mol.